The second-order valence-corrected chi connectivity index (χ2v) is 8.98. The Hall–Kier alpha value is -3.59. The molecule has 1 fully saturated rings. The molecule has 0 unspecified atom stereocenters. The molecule has 1 N–H and O–H groups in total. The zero-order valence-electron chi connectivity index (χ0n) is 22.1. The van der Waals surface area contributed by atoms with Crippen LogP contribution < -0.4 is 24.4 Å². The fourth-order valence-electron chi connectivity index (χ4n) is 4.35. The van der Waals surface area contributed by atoms with E-state index >= 15 is 0 Å². The summed E-state index contributed by atoms with van der Waals surface area (Å²) >= 11 is 0. The first-order valence-corrected chi connectivity index (χ1v) is 12.8. The molecule has 0 aromatic heterocycles. The zero-order chi connectivity index (χ0) is 26.6. The lowest BCUT2D eigenvalue weighted by atomic mass is 10.1. The van der Waals surface area contributed by atoms with Gasteiger partial charge in [-0.1, -0.05) is 30.3 Å². The normalized spacial score (nSPS) is 15.4. The van der Waals surface area contributed by atoms with Gasteiger partial charge in [0.2, 0.25) is 5.91 Å². The minimum Gasteiger partial charge on any atom is -0.497 e. The molecule has 1 aliphatic heterocycles. The van der Waals surface area contributed by atoms with Gasteiger partial charge in [-0.15, -0.1) is 0 Å². The zero-order valence-corrected chi connectivity index (χ0v) is 22.1. The van der Waals surface area contributed by atoms with E-state index in [2.05, 4.69) is 5.32 Å². The summed E-state index contributed by atoms with van der Waals surface area (Å²) in [5.74, 6) is 2.40. The predicted octanol–water partition coefficient (Wildman–Crippen LogP) is 4.21. The monoisotopic (exact) mass is 520 g/mol. The number of hydrogen-bond acceptors (Lipinski definition) is 7. The summed E-state index contributed by atoms with van der Waals surface area (Å²) in [6.45, 7) is 3.47. The molecule has 0 spiro atoms. The second-order valence-electron chi connectivity index (χ2n) is 8.98. The van der Waals surface area contributed by atoms with Crippen LogP contribution >= 0.6 is 0 Å². The molecule has 4 rings (SSSR count). The number of ether oxygens (including phenoxy) is 5. The third-order valence-electron chi connectivity index (χ3n) is 6.27. The van der Waals surface area contributed by atoms with Gasteiger partial charge < -0.3 is 33.9 Å². The summed E-state index contributed by atoms with van der Waals surface area (Å²) in [4.78, 5) is 14.6. The Morgan fingerprint density at radius 1 is 0.868 bits per heavy atom. The van der Waals surface area contributed by atoms with Gasteiger partial charge in [0.1, 0.15) is 17.2 Å². The van der Waals surface area contributed by atoms with Crippen LogP contribution in [0.1, 0.15) is 17.5 Å². The highest BCUT2D eigenvalue weighted by molar-refractivity contribution is 5.96. The Bertz CT molecular complexity index is 1150. The Balaban J connectivity index is 1.22. The molecule has 202 valence electrons. The highest BCUT2D eigenvalue weighted by Gasteiger charge is 2.29. The van der Waals surface area contributed by atoms with Gasteiger partial charge in [0, 0.05) is 24.2 Å². The van der Waals surface area contributed by atoms with Gasteiger partial charge in [-0.2, -0.15) is 0 Å². The molecule has 1 aliphatic rings. The van der Waals surface area contributed by atoms with E-state index in [1.54, 1.807) is 14.2 Å². The molecule has 1 amide bonds. The van der Waals surface area contributed by atoms with Crippen LogP contribution in [0.2, 0.25) is 0 Å². The van der Waals surface area contributed by atoms with Gasteiger partial charge in [0.05, 0.1) is 59.8 Å². The molecule has 3 aromatic rings. The molecule has 3 aromatic carbocycles. The summed E-state index contributed by atoms with van der Waals surface area (Å²) < 4.78 is 28.2. The maximum absolute atomic E-state index is 12.8. The van der Waals surface area contributed by atoms with Crippen LogP contribution in [0.3, 0.4) is 0 Å². The summed E-state index contributed by atoms with van der Waals surface area (Å²) in [7, 11) is 3.31. The van der Waals surface area contributed by atoms with Crippen LogP contribution in [-0.4, -0.2) is 59.1 Å². The van der Waals surface area contributed by atoms with Crippen LogP contribution in [0.5, 0.6) is 17.2 Å². The predicted molar refractivity (Wildman–Crippen MR) is 146 cm³/mol. The first-order chi connectivity index (χ1) is 18.7. The van der Waals surface area contributed by atoms with Crippen LogP contribution in [0.4, 0.5) is 5.69 Å². The van der Waals surface area contributed by atoms with Gasteiger partial charge in [-0.25, -0.2) is 0 Å². The van der Waals surface area contributed by atoms with Crippen molar-refractivity contribution >= 4 is 11.6 Å². The Morgan fingerprint density at radius 3 is 2.53 bits per heavy atom. The van der Waals surface area contributed by atoms with Crippen molar-refractivity contribution in [3.63, 3.8) is 0 Å². The molecule has 0 saturated carbocycles. The van der Waals surface area contributed by atoms with Crippen LogP contribution in [0, 0.1) is 0 Å². The molecular weight excluding hydrogens is 484 g/mol. The van der Waals surface area contributed by atoms with Crippen molar-refractivity contribution in [3.05, 3.63) is 83.9 Å². The third-order valence-corrected chi connectivity index (χ3v) is 6.27. The van der Waals surface area contributed by atoms with Crippen LogP contribution in [0.25, 0.3) is 0 Å². The van der Waals surface area contributed by atoms with E-state index < -0.39 is 0 Å². The molecule has 38 heavy (non-hydrogen) atoms. The smallest absolute Gasteiger partial charge is 0.241 e. The summed E-state index contributed by atoms with van der Waals surface area (Å²) in [6, 6.07) is 23.2. The second kappa shape index (κ2) is 14.4. The number of nitrogens with one attached hydrogen (secondary N) is 1. The van der Waals surface area contributed by atoms with E-state index in [1.165, 1.54) is 0 Å². The minimum atomic E-state index is -0.103. The van der Waals surface area contributed by atoms with E-state index in [1.807, 2.05) is 77.7 Å². The van der Waals surface area contributed by atoms with Crippen molar-refractivity contribution in [1.82, 2.24) is 5.32 Å². The van der Waals surface area contributed by atoms with Gasteiger partial charge >= 0.3 is 0 Å². The van der Waals surface area contributed by atoms with E-state index in [0.717, 1.165) is 40.5 Å². The van der Waals surface area contributed by atoms with E-state index in [-0.39, 0.29) is 11.9 Å². The lowest BCUT2D eigenvalue weighted by molar-refractivity contribution is -0.119. The van der Waals surface area contributed by atoms with Gasteiger partial charge in [0.25, 0.3) is 0 Å². The maximum Gasteiger partial charge on any atom is 0.241 e. The van der Waals surface area contributed by atoms with Crippen molar-refractivity contribution in [1.29, 1.82) is 0 Å². The molecule has 1 saturated heterocycles. The summed E-state index contributed by atoms with van der Waals surface area (Å²) in [6.07, 6.45) is 0.764. The van der Waals surface area contributed by atoms with Crippen LogP contribution in [0.15, 0.2) is 72.8 Å². The van der Waals surface area contributed by atoms with E-state index in [4.69, 9.17) is 23.7 Å². The van der Waals surface area contributed by atoms with Crippen molar-refractivity contribution in [2.24, 2.45) is 0 Å². The number of methoxy groups -OCH3 is 2. The van der Waals surface area contributed by atoms with Gasteiger partial charge in [0.15, 0.2) is 0 Å². The highest BCUT2D eigenvalue weighted by atomic mass is 16.5. The molecule has 0 aliphatic carbocycles. The number of rotatable bonds is 14. The molecule has 8 heteroatoms. The largest absolute Gasteiger partial charge is 0.497 e. The fourth-order valence-corrected chi connectivity index (χ4v) is 4.35. The molecule has 8 nitrogen and oxygen atoms in total. The summed E-state index contributed by atoms with van der Waals surface area (Å²) in [5, 5.41) is 3.19. The van der Waals surface area contributed by atoms with Gasteiger partial charge in [-0.05, 0) is 48.0 Å². The van der Waals surface area contributed by atoms with Crippen molar-refractivity contribution in [2.75, 3.05) is 52.0 Å². The van der Waals surface area contributed by atoms with Crippen molar-refractivity contribution in [3.8, 4) is 17.2 Å². The molecular formula is C30H36N2O6. The SMILES string of the molecule is COc1cccc(COC[C@H]2CNCC(=O)N2c2ccc(OCCCOCc3ccccc3OC)cc2)c1. The number of piperazine rings is 1. The quantitative estimate of drug-likeness (QED) is 0.319. The lowest BCUT2D eigenvalue weighted by Gasteiger charge is -2.36. The molecule has 0 bridgehead atoms. The number of amides is 1. The van der Waals surface area contributed by atoms with Gasteiger partial charge in [-0.3, -0.25) is 4.79 Å². The number of nitrogens with zero attached hydrogens (tertiary/aromatic N) is 1. The Labute approximate surface area is 224 Å². The average molecular weight is 521 g/mol. The summed E-state index contributed by atoms with van der Waals surface area (Å²) in [5.41, 5.74) is 2.88. The number of para-hydroxylation sites is 1. The average Bonchev–Trinajstić information content (AvgIpc) is 2.96. The lowest BCUT2D eigenvalue weighted by Crippen LogP contribution is -2.57. The molecule has 1 heterocycles. The highest BCUT2D eigenvalue weighted by Crippen LogP contribution is 2.24. The number of benzene rings is 3. The maximum atomic E-state index is 12.8. The molecule has 1 atom stereocenters. The number of carbonyl (C=O) groups is 1. The number of carbonyl (C=O) groups excluding carboxylic acids is 1. The number of hydrogen-bond donors (Lipinski definition) is 1. The fraction of sp³-hybridized carbons (Fsp3) is 0.367. The van der Waals surface area contributed by atoms with Crippen molar-refractivity contribution in [2.45, 2.75) is 25.7 Å². The Kier molecular flexibility index (Phi) is 10.4. The first-order valence-electron chi connectivity index (χ1n) is 12.8. The third kappa shape index (κ3) is 7.71. The Morgan fingerprint density at radius 2 is 1.71 bits per heavy atom. The molecule has 0 radical (unpaired) electrons. The van der Waals surface area contributed by atoms with E-state index in [9.17, 15) is 4.79 Å². The van der Waals surface area contributed by atoms with E-state index in [0.29, 0.717) is 46.1 Å². The van der Waals surface area contributed by atoms with Crippen molar-refractivity contribution < 1.29 is 28.5 Å². The van der Waals surface area contributed by atoms with Crippen LogP contribution in [-0.2, 0) is 27.5 Å². The number of anilines is 1. The minimum absolute atomic E-state index is 0.0205. The first kappa shape index (κ1) is 27.4. The topological polar surface area (TPSA) is 78.5 Å². The standard InChI is InChI=1S/C30H36N2O6/c1-34-28-9-5-7-23(17-28)20-37-22-26-18-31-19-30(33)32(26)25-11-13-27(14-12-25)38-16-6-15-36-21-24-8-3-4-10-29(24)35-2/h3-5,7-14,17,26,31H,6,15-16,18-22H2,1-2H3/t26-/m1/s1.